The van der Waals surface area contributed by atoms with Gasteiger partial charge in [0.15, 0.2) is 0 Å². The van der Waals surface area contributed by atoms with Gasteiger partial charge in [-0.15, -0.1) is 0 Å². The fourth-order valence-corrected chi connectivity index (χ4v) is 2.69. The van der Waals surface area contributed by atoms with E-state index in [0.717, 1.165) is 5.56 Å². The van der Waals surface area contributed by atoms with Crippen molar-refractivity contribution in [3.05, 3.63) is 60.2 Å². The Bertz CT molecular complexity index is 651. The zero-order chi connectivity index (χ0) is 14.4. The van der Waals surface area contributed by atoms with Gasteiger partial charge in [-0.3, -0.25) is 0 Å². The van der Waals surface area contributed by atoms with Crippen molar-refractivity contribution in [3.8, 4) is 11.5 Å². The van der Waals surface area contributed by atoms with E-state index in [1.165, 1.54) is 7.11 Å². The molecule has 0 heterocycles. The van der Waals surface area contributed by atoms with Crippen molar-refractivity contribution in [3.63, 3.8) is 0 Å². The lowest BCUT2D eigenvalue weighted by molar-refractivity contribution is 0.411. The van der Waals surface area contributed by atoms with E-state index >= 15 is 0 Å². The first-order valence-corrected chi connectivity index (χ1v) is 7.77. The number of hydrogen-bond donors (Lipinski definition) is 0. The third kappa shape index (κ3) is 4.28. The van der Waals surface area contributed by atoms with Gasteiger partial charge in [0.25, 0.3) is 0 Å². The molecule has 0 bridgehead atoms. The molecule has 0 amide bonds. The molecule has 0 spiro atoms. The quantitative estimate of drug-likeness (QED) is 0.768. The van der Waals surface area contributed by atoms with Gasteiger partial charge in [0.05, 0.1) is 12.9 Å². The largest absolute Gasteiger partial charge is 0.497 e. The van der Waals surface area contributed by atoms with Gasteiger partial charge in [-0.25, -0.2) is 0 Å². The van der Waals surface area contributed by atoms with Gasteiger partial charge < -0.3 is 8.92 Å². The first-order valence-electron chi connectivity index (χ1n) is 6.19. The van der Waals surface area contributed by atoms with Gasteiger partial charge >= 0.3 is 10.1 Å². The standard InChI is InChI=1S/C15H16O4S/c1-18-14-8-5-9-15(12-14)19-20(16,17)11-10-13-6-3-2-4-7-13/h2-9,12H,10-11H2,1H3. The maximum atomic E-state index is 11.9. The van der Waals surface area contributed by atoms with Crippen LogP contribution in [0.25, 0.3) is 0 Å². The molecule has 0 aliphatic rings. The second kappa shape index (κ2) is 6.43. The summed E-state index contributed by atoms with van der Waals surface area (Å²) in [6, 6.07) is 16.0. The molecule has 0 fully saturated rings. The number of ether oxygens (including phenoxy) is 1. The highest BCUT2D eigenvalue weighted by Gasteiger charge is 2.13. The van der Waals surface area contributed by atoms with Crippen LogP contribution in [0.2, 0.25) is 0 Å². The molecule has 4 nitrogen and oxygen atoms in total. The second-order valence-electron chi connectivity index (χ2n) is 4.26. The lowest BCUT2D eigenvalue weighted by atomic mass is 10.2. The summed E-state index contributed by atoms with van der Waals surface area (Å²) in [4.78, 5) is 0. The maximum Gasteiger partial charge on any atom is 0.309 e. The summed E-state index contributed by atoms with van der Waals surface area (Å²) in [6.07, 6.45) is 0.424. The Morgan fingerprint density at radius 2 is 1.65 bits per heavy atom. The van der Waals surface area contributed by atoms with E-state index in [1.807, 2.05) is 30.3 Å². The highest BCUT2D eigenvalue weighted by Crippen LogP contribution is 2.20. The zero-order valence-corrected chi connectivity index (χ0v) is 12.0. The Balaban J connectivity index is 2.00. The van der Waals surface area contributed by atoms with Gasteiger partial charge in [0.2, 0.25) is 0 Å². The molecular formula is C15H16O4S. The SMILES string of the molecule is COc1cccc(OS(=O)(=O)CCc2ccccc2)c1. The predicted molar refractivity (Wildman–Crippen MR) is 77.6 cm³/mol. The summed E-state index contributed by atoms with van der Waals surface area (Å²) in [5.74, 6) is 0.756. The van der Waals surface area contributed by atoms with Gasteiger partial charge in [-0.05, 0) is 24.1 Å². The van der Waals surface area contributed by atoms with Crippen molar-refractivity contribution in [2.24, 2.45) is 0 Å². The van der Waals surface area contributed by atoms with Crippen LogP contribution in [0.15, 0.2) is 54.6 Å². The Kier molecular flexibility index (Phi) is 4.63. The minimum atomic E-state index is -3.61. The third-order valence-corrected chi connectivity index (χ3v) is 3.90. The van der Waals surface area contributed by atoms with E-state index in [0.29, 0.717) is 12.2 Å². The molecule has 0 atom stereocenters. The first kappa shape index (κ1) is 14.4. The Morgan fingerprint density at radius 3 is 2.35 bits per heavy atom. The van der Waals surface area contributed by atoms with Gasteiger partial charge in [0, 0.05) is 6.07 Å². The minimum Gasteiger partial charge on any atom is -0.497 e. The van der Waals surface area contributed by atoms with E-state index < -0.39 is 10.1 Å². The van der Waals surface area contributed by atoms with Gasteiger partial charge in [0.1, 0.15) is 11.5 Å². The van der Waals surface area contributed by atoms with E-state index in [-0.39, 0.29) is 11.5 Å². The summed E-state index contributed by atoms with van der Waals surface area (Å²) in [5.41, 5.74) is 0.963. The highest BCUT2D eigenvalue weighted by molar-refractivity contribution is 7.87. The van der Waals surface area contributed by atoms with Crippen molar-refractivity contribution in [1.82, 2.24) is 0 Å². The molecule has 0 N–H and O–H groups in total. The topological polar surface area (TPSA) is 52.6 Å². The Hall–Kier alpha value is -2.01. The molecule has 0 radical (unpaired) electrons. The lowest BCUT2D eigenvalue weighted by Crippen LogP contribution is -2.15. The molecule has 0 aromatic heterocycles. The van der Waals surface area contributed by atoms with Crippen LogP contribution in [0.3, 0.4) is 0 Å². The Morgan fingerprint density at radius 1 is 0.950 bits per heavy atom. The van der Waals surface area contributed by atoms with Crippen molar-refractivity contribution in [1.29, 1.82) is 0 Å². The summed E-state index contributed by atoms with van der Waals surface area (Å²) < 4.78 is 33.9. The fourth-order valence-electron chi connectivity index (χ4n) is 1.73. The van der Waals surface area contributed by atoms with Crippen molar-refractivity contribution in [2.45, 2.75) is 6.42 Å². The van der Waals surface area contributed by atoms with Crippen LogP contribution in [-0.2, 0) is 16.5 Å². The summed E-state index contributed by atoms with van der Waals surface area (Å²) >= 11 is 0. The molecule has 0 aliphatic carbocycles. The molecule has 2 aromatic carbocycles. The minimum absolute atomic E-state index is 0.0613. The van der Waals surface area contributed by atoms with Crippen LogP contribution in [0.5, 0.6) is 11.5 Å². The zero-order valence-electron chi connectivity index (χ0n) is 11.2. The molecule has 0 saturated heterocycles. The predicted octanol–water partition coefficient (Wildman–Crippen LogP) is 2.65. The van der Waals surface area contributed by atoms with Crippen molar-refractivity contribution < 1.29 is 17.3 Å². The number of benzene rings is 2. The Labute approximate surface area is 119 Å². The number of methoxy groups -OCH3 is 1. The van der Waals surface area contributed by atoms with Crippen LogP contribution < -0.4 is 8.92 Å². The fraction of sp³-hybridized carbons (Fsp3) is 0.200. The highest BCUT2D eigenvalue weighted by atomic mass is 32.2. The smallest absolute Gasteiger partial charge is 0.309 e. The van der Waals surface area contributed by atoms with E-state index in [9.17, 15) is 8.42 Å². The van der Waals surface area contributed by atoms with Crippen LogP contribution in [0, 0.1) is 0 Å². The summed E-state index contributed by atoms with van der Waals surface area (Å²) in [6.45, 7) is 0. The third-order valence-electron chi connectivity index (χ3n) is 2.75. The molecule has 106 valence electrons. The van der Waals surface area contributed by atoms with Crippen molar-refractivity contribution in [2.75, 3.05) is 12.9 Å². The van der Waals surface area contributed by atoms with Crippen LogP contribution >= 0.6 is 0 Å². The monoisotopic (exact) mass is 292 g/mol. The van der Waals surface area contributed by atoms with Gasteiger partial charge in [-0.1, -0.05) is 36.4 Å². The lowest BCUT2D eigenvalue weighted by Gasteiger charge is -2.08. The normalized spacial score (nSPS) is 11.1. The van der Waals surface area contributed by atoms with Crippen LogP contribution in [0.4, 0.5) is 0 Å². The average Bonchev–Trinajstić information content (AvgIpc) is 2.46. The molecule has 0 unspecified atom stereocenters. The van der Waals surface area contributed by atoms with E-state index in [4.69, 9.17) is 8.92 Å². The first-order chi connectivity index (χ1) is 9.59. The molecule has 20 heavy (non-hydrogen) atoms. The molecule has 2 aromatic rings. The number of hydrogen-bond acceptors (Lipinski definition) is 4. The van der Waals surface area contributed by atoms with Crippen molar-refractivity contribution >= 4 is 10.1 Å². The van der Waals surface area contributed by atoms with E-state index in [2.05, 4.69) is 0 Å². The second-order valence-corrected chi connectivity index (χ2v) is 5.95. The molecule has 0 aliphatic heterocycles. The number of rotatable bonds is 6. The summed E-state index contributed by atoms with van der Waals surface area (Å²) in [5, 5.41) is 0. The number of aryl methyl sites for hydroxylation is 1. The summed E-state index contributed by atoms with van der Waals surface area (Å²) in [7, 11) is -2.10. The molecular weight excluding hydrogens is 276 g/mol. The van der Waals surface area contributed by atoms with Gasteiger partial charge in [-0.2, -0.15) is 8.42 Å². The van der Waals surface area contributed by atoms with Crippen LogP contribution in [0.1, 0.15) is 5.56 Å². The van der Waals surface area contributed by atoms with E-state index in [1.54, 1.807) is 24.3 Å². The molecule has 5 heteroatoms. The van der Waals surface area contributed by atoms with Crippen LogP contribution in [-0.4, -0.2) is 21.3 Å². The average molecular weight is 292 g/mol. The maximum absolute atomic E-state index is 11.9. The molecule has 2 rings (SSSR count). The molecule has 0 saturated carbocycles.